The molecule has 162 valence electrons. The molecule has 2 rings (SSSR count). The Labute approximate surface area is 196 Å². The molecule has 0 aliphatic rings. The molecule has 0 heterocycles. The van der Waals surface area contributed by atoms with Crippen molar-refractivity contribution in [3.8, 4) is 5.75 Å². The monoisotopic (exact) mass is 503 g/mol. The number of nitrogens with one attached hydrogen (secondary N) is 1. The number of oxime groups is 1. The van der Waals surface area contributed by atoms with Crippen LogP contribution in [0.4, 0.5) is 10.5 Å². The smallest absolute Gasteiger partial charge is 0.434 e. The van der Waals surface area contributed by atoms with Crippen LogP contribution in [0.5, 0.6) is 5.75 Å². The van der Waals surface area contributed by atoms with Gasteiger partial charge < -0.3 is 9.84 Å². The highest BCUT2D eigenvalue weighted by molar-refractivity contribution is 8.16. The molecular weight excluding hydrogens is 481 g/mol. The van der Waals surface area contributed by atoms with E-state index in [2.05, 4.69) is 10.5 Å². The first kappa shape index (κ1) is 24.9. The maximum Gasteiger partial charge on any atom is 0.434 e. The van der Waals surface area contributed by atoms with E-state index < -0.39 is 12.4 Å². The van der Waals surface area contributed by atoms with E-state index in [9.17, 15) is 4.79 Å². The quantitative estimate of drug-likeness (QED) is 0.0678. The van der Waals surface area contributed by atoms with Crippen molar-refractivity contribution in [2.24, 2.45) is 5.16 Å². The number of hydrogen-bond donors (Lipinski definition) is 1. The number of carbonyl (C=O) groups is 1. The molecule has 0 radical (unpaired) electrons. The number of rotatable bonds is 9. The van der Waals surface area contributed by atoms with Gasteiger partial charge in [0.15, 0.2) is 0 Å². The Balaban J connectivity index is 2.07. The minimum Gasteiger partial charge on any atom is -0.462 e. The summed E-state index contributed by atoms with van der Waals surface area (Å²) in [7, 11) is 0. The van der Waals surface area contributed by atoms with E-state index in [4.69, 9.17) is 32.9 Å². The second-order valence-electron chi connectivity index (χ2n) is 5.77. The SMILES string of the molecule is CCP(=S)(Oc1ccccc1)c1ccccc1N(Cl)SCNC(=O)ON=C(C)SC. The summed E-state index contributed by atoms with van der Waals surface area (Å²) in [5, 5.41) is 7.79. The first-order chi connectivity index (χ1) is 14.4. The molecule has 0 aromatic heterocycles. The molecule has 11 heteroatoms. The molecule has 1 N–H and O–H groups in total. The van der Waals surface area contributed by atoms with Crippen molar-refractivity contribution < 1.29 is 14.2 Å². The molecule has 30 heavy (non-hydrogen) atoms. The summed E-state index contributed by atoms with van der Waals surface area (Å²) in [6, 6.07) is 17.2. The van der Waals surface area contributed by atoms with E-state index >= 15 is 0 Å². The van der Waals surface area contributed by atoms with Gasteiger partial charge >= 0.3 is 6.09 Å². The van der Waals surface area contributed by atoms with Crippen molar-refractivity contribution in [1.29, 1.82) is 0 Å². The minimum atomic E-state index is -2.38. The third-order valence-electron chi connectivity index (χ3n) is 3.80. The van der Waals surface area contributed by atoms with Crippen LogP contribution in [0.25, 0.3) is 0 Å². The Hall–Kier alpha value is -1.38. The van der Waals surface area contributed by atoms with Crippen LogP contribution in [0.2, 0.25) is 0 Å². The molecular formula is C19H23ClN3O3PS3. The van der Waals surface area contributed by atoms with Gasteiger partial charge in [-0.3, -0.25) is 4.84 Å². The van der Waals surface area contributed by atoms with Crippen LogP contribution in [-0.4, -0.2) is 29.4 Å². The second kappa shape index (κ2) is 12.5. The van der Waals surface area contributed by atoms with Crippen LogP contribution in [-0.2, 0) is 16.6 Å². The highest BCUT2D eigenvalue weighted by Gasteiger charge is 2.25. The number of thioether (sulfide) groups is 1. The summed E-state index contributed by atoms with van der Waals surface area (Å²) in [6.45, 7) is 3.76. The maximum atomic E-state index is 11.7. The molecule has 2 aromatic rings. The van der Waals surface area contributed by atoms with Gasteiger partial charge in [0.05, 0.1) is 11.6 Å². The molecule has 0 spiro atoms. The number of carbonyl (C=O) groups excluding carboxylic acids is 1. The number of anilines is 1. The van der Waals surface area contributed by atoms with Gasteiger partial charge in [-0.25, -0.2) is 8.62 Å². The molecule has 1 atom stereocenters. The number of halogens is 1. The molecule has 0 saturated heterocycles. The Morgan fingerprint density at radius 2 is 1.90 bits per heavy atom. The third-order valence-corrected chi connectivity index (χ3v) is 9.67. The lowest BCUT2D eigenvalue weighted by Crippen LogP contribution is -2.25. The van der Waals surface area contributed by atoms with Gasteiger partial charge in [0.25, 0.3) is 0 Å². The molecule has 1 unspecified atom stereocenters. The second-order valence-corrected chi connectivity index (χ2v) is 12.6. The van der Waals surface area contributed by atoms with Crippen LogP contribution in [0.15, 0.2) is 59.8 Å². The summed E-state index contributed by atoms with van der Waals surface area (Å²) in [5.41, 5.74) is 0.733. The molecule has 2 aromatic carbocycles. The van der Waals surface area contributed by atoms with E-state index in [1.807, 2.05) is 67.8 Å². The van der Waals surface area contributed by atoms with Crippen LogP contribution in [0.3, 0.4) is 0 Å². The maximum absolute atomic E-state index is 11.7. The third kappa shape index (κ3) is 7.39. The Bertz CT molecular complexity index is 918. The van der Waals surface area contributed by atoms with Gasteiger partial charge in [0.1, 0.15) is 17.1 Å². The average Bonchev–Trinajstić information content (AvgIpc) is 2.77. The normalized spacial score (nSPS) is 13.3. The summed E-state index contributed by atoms with van der Waals surface area (Å²) >= 11 is 15.1. The number of amides is 1. The van der Waals surface area contributed by atoms with Gasteiger partial charge in [-0.2, -0.15) is 0 Å². The number of nitrogens with zero attached hydrogens (tertiary/aromatic N) is 2. The number of hydrogen-bond acceptors (Lipinski definition) is 8. The number of para-hydroxylation sites is 2. The fraction of sp³-hybridized carbons (Fsp3) is 0.263. The van der Waals surface area contributed by atoms with Gasteiger partial charge in [-0.05, 0) is 61.2 Å². The topological polar surface area (TPSA) is 63.2 Å². The van der Waals surface area contributed by atoms with Gasteiger partial charge in [-0.1, -0.05) is 42.4 Å². The molecule has 0 bridgehead atoms. The van der Waals surface area contributed by atoms with Crippen LogP contribution < -0.4 is 19.0 Å². The molecule has 0 fully saturated rings. The van der Waals surface area contributed by atoms with E-state index in [0.29, 0.717) is 11.2 Å². The van der Waals surface area contributed by atoms with Crippen molar-refractivity contribution in [2.45, 2.75) is 13.8 Å². The molecule has 0 aliphatic heterocycles. The van der Waals surface area contributed by atoms with Crippen molar-refractivity contribution in [3.05, 3.63) is 54.6 Å². The minimum absolute atomic E-state index is 0.193. The zero-order chi connectivity index (χ0) is 22.0. The van der Waals surface area contributed by atoms with Crippen LogP contribution >= 0.6 is 41.8 Å². The molecule has 0 aliphatic carbocycles. The Morgan fingerprint density at radius 1 is 1.23 bits per heavy atom. The average molecular weight is 504 g/mol. The van der Waals surface area contributed by atoms with Gasteiger partial charge in [0.2, 0.25) is 0 Å². The van der Waals surface area contributed by atoms with Crippen molar-refractivity contribution in [2.75, 3.05) is 22.1 Å². The first-order valence-corrected chi connectivity index (χ1v) is 14.4. The van der Waals surface area contributed by atoms with Crippen LogP contribution in [0, 0.1) is 0 Å². The van der Waals surface area contributed by atoms with E-state index in [1.54, 1.807) is 6.92 Å². The summed E-state index contributed by atoms with van der Waals surface area (Å²) in [5.74, 6) is 0.927. The predicted molar refractivity (Wildman–Crippen MR) is 135 cm³/mol. The zero-order valence-corrected chi connectivity index (χ0v) is 20.9. The molecule has 0 saturated carbocycles. The summed E-state index contributed by atoms with van der Waals surface area (Å²) in [4.78, 5) is 16.5. The van der Waals surface area contributed by atoms with Crippen molar-refractivity contribution in [3.63, 3.8) is 0 Å². The van der Waals surface area contributed by atoms with Gasteiger partial charge in [0, 0.05) is 23.2 Å². The highest BCUT2D eigenvalue weighted by Crippen LogP contribution is 2.49. The summed E-state index contributed by atoms with van der Waals surface area (Å²) in [6.07, 6.45) is -0.520. The highest BCUT2D eigenvalue weighted by atomic mass is 35.5. The van der Waals surface area contributed by atoms with Crippen molar-refractivity contribution >= 4 is 75.7 Å². The fourth-order valence-electron chi connectivity index (χ4n) is 2.23. The van der Waals surface area contributed by atoms with Crippen molar-refractivity contribution in [1.82, 2.24) is 5.32 Å². The number of benzene rings is 2. The van der Waals surface area contributed by atoms with E-state index in [0.717, 1.165) is 16.7 Å². The molecule has 1 amide bonds. The lowest BCUT2D eigenvalue weighted by atomic mass is 10.3. The Morgan fingerprint density at radius 3 is 2.57 bits per heavy atom. The van der Waals surface area contributed by atoms with Gasteiger partial charge in [-0.15, -0.1) is 11.8 Å². The standard InChI is InChI=1S/C19H23ClN3O3PS3/c1-4-27(28,26-16-10-6-5-7-11-16)18-13-9-8-12-17(18)23(20)30-14-21-19(24)25-22-15(2)29-3/h5-13H,4,14H2,1-3H3,(H,21,24). The zero-order valence-electron chi connectivity index (χ0n) is 16.8. The lowest BCUT2D eigenvalue weighted by Gasteiger charge is -2.27. The largest absolute Gasteiger partial charge is 0.462 e. The lowest BCUT2D eigenvalue weighted by molar-refractivity contribution is 0.153. The first-order valence-electron chi connectivity index (χ1n) is 8.95. The Kier molecular flexibility index (Phi) is 10.3. The van der Waals surface area contributed by atoms with E-state index in [1.165, 1.54) is 27.5 Å². The predicted octanol–water partition coefficient (Wildman–Crippen LogP) is 5.79. The van der Waals surface area contributed by atoms with Crippen LogP contribution in [0.1, 0.15) is 13.8 Å². The fourth-order valence-corrected chi connectivity index (χ4v) is 5.94. The van der Waals surface area contributed by atoms with E-state index in [-0.39, 0.29) is 5.88 Å². The molecule has 6 nitrogen and oxygen atoms in total. The summed E-state index contributed by atoms with van der Waals surface area (Å²) < 4.78 is 7.72.